The van der Waals surface area contributed by atoms with Gasteiger partial charge in [0.15, 0.2) is 0 Å². The van der Waals surface area contributed by atoms with Crippen molar-refractivity contribution in [2.75, 3.05) is 0 Å². The minimum absolute atomic E-state index is 0.235. The largest absolute Gasteiger partial charge is 0.390 e. The monoisotopic (exact) mass is 450 g/mol. The average Bonchev–Trinajstić information content (AvgIpc) is 2.67. The Kier molecular flexibility index (Phi) is 9.28. The second-order valence-electron chi connectivity index (χ2n) is 8.75. The molecule has 2 aromatic rings. The molecule has 6 heteroatoms. The molecule has 0 spiro atoms. The van der Waals surface area contributed by atoms with Crippen molar-refractivity contribution in [2.45, 2.75) is 84.2 Å². The number of aliphatic hydroxyl groups is 4. The van der Waals surface area contributed by atoms with E-state index in [9.17, 15) is 20.4 Å². The summed E-state index contributed by atoms with van der Waals surface area (Å²) >= 11 is 2.99. The molecule has 0 radical (unpaired) electrons. The van der Waals surface area contributed by atoms with Crippen LogP contribution in [0.2, 0.25) is 0 Å². The third-order valence-electron chi connectivity index (χ3n) is 4.97. The van der Waals surface area contributed by atoms with Crippen molar-refractivity contribution >= 4 is 23.5 Å². The van der Waals surface area contributed by atoms with Gasteiger partial charge in [0.2, 0.25) is 0 Å². The molecule has 166 valence electrons. The maximum atomic E-state index is 10.7. The van der Waals surface area contributed by atoms with Crippen molar-refractivity contribution in [3.05, 3.63) is 60.7 Å². The number of hydrogen-bond donors (Lipinski definition) is 4. The molecule has 0 aromatic heterocycles. The van der Waals surface area contributed by atoms with Gasteiger partial charge in [-0.1, -0.05) is 36.4 Å². The first-order valence-electron chi connectivity index (χ1n) is 10.2. The third kappa shape index (κ3) is 8.25. The van der Waals surface area contributed by atoms with Gasteiger partial charge in [-0.15, -0.1) is 23.5 Å². The average molecular weight is 451 g/mol. The molecule has 0 saturated heterocycles. The highest BCUT2D eigenvalue weighted by Crippen LogP contribution is 2.36. The third-order valence-corrected chi connectivity index (χ3v) is 8.17. The van der Waals surface area contributed by atoms with E-state index in [1.807, 2.05) is 60.7 Å². The highest BCUT2D eigenvalue weighted by Gasteiger charge is 2.35. The zero-order valence-corrected chi connectivity index (χ0v) is 19.7. The lowest BCUT2D eigenvalue weighted by Crippen LogP contribution is -2.42. The standard InChI is InChI=1S/C24H34O4S2/c1-23(2,27)21(29-17-11-7-5-8-12-17)15-19(25)20(26)16-22(24(3,4)28)30-18-13-9-6-10-14-18/h5-14,19-22,25-28H,15-16H2,1-4H3/t19-,20-,21+,22+/m1/s1. The molecule has 2 rings (SSSR count). The van der Waals surface area contributed by atoms with Gasteiger partial charge in [0.1, 0.15) is 0 Å². The van der Waals surface area contributed by atoms with Crippen LogP contribution in [-0.2, 0) is 0 Å². The van der Waals surface area contributed by atoms with Gasteiger partial charge in [0.05, 0.1) is 23.4 Å². The zero-order chi connectivity index (χ0) is 22.4. The van der Waals surface area contributed by atoms with E-state index in [0.717, 1.165) is 9.79 Å². The molecule has 0 bridgehead atoms. The SMILES string of the molecule is CC(C)(O)[C@H](C[C@@H](O)[C@H](O)C[C@H](Sc1ccccc1)C(C)(C)O)Sc1ccccc1. The van der Waals surface area contributed by atoms with E-state index in [4.69, 9.17) is 0 Å². The van der Waals surface area contributed by atoms with Crippen LogP contribution in [0.5, 0.6) is 0 Å². The maximum Gasteiger partial charge on any atom is 0.0811 e. The summed E-state index contributed by atoms with van der Waals surface area (Å²) in [5.74, 6) is 0. The lowest BCUT2D eigenvalue weighted by atomic mass is 9.93. The van der Waals surface area contributed by atoms with E-state index in [1.165, 1.54) is 23.5 Å². The first-order valence-corrected chi connectivity index (χ1v) is 12.0. The Hall–Kier alpha value is -1.02. The van der Waals surface area contributed by atoms with Crippen LogP contribution in [0.25, 0.3) is 0 Å². The molecule has 4 nitrogen and oxygen atoms in total. The van der Waals surface area contributed by atoms with Gasteiger partial charge in [-0.05, 0) is 64.8 Å². The second-order valence-corrected chi connectivity index (χ2v) is 11.3. The summed E-state index contributed by atoms with van der Waals surface area (Å²) < 4.78 is 0. The van der Waals surface area contributed by atoms with Crippen LogP contribution in [0.3, 0.4) is 0 Å². The van der Waals surface area contributed by atoms with Crippen LogP contribution < -0.4 is 0 Å². The van der Waals surface area contributed by atoms with Crippen molar-refractivity contribution in [3.63, 3.8) is 0 Å². The van der Waals surface area contributed by atoms with Crippen molar-refractivity contribution < 1.29 is 20.4 Å². The molecule has 0 aliphatic carbocycles. The Labute approximate surface area is 188 Å². The molecular formula is C24H34O4S2. The fourth-order valence-corrected chi connectivity index (χ4v) is 5.49. The number of benzene rings is 2. The van der Waals surface area contributed by atoms with Crippen LogP contribution >= 0.6 is 23.5 Å². The summed E-state index contributed by atoms with van der Waals surface area (Å²) in [5, 5.41) is 42.1. The fraction of sp³-hybridized carbons (Fsp3) is 0.500. The smallest absolute Gasteiger partial charge is 0.0811 e. The normalized spacial score (nSPS) is 16.7. The molecule has 4 N–H and O–H groups in total. The van der Waals surface area contributed by atoms with E-state index in [1.54, 1.807) is 27.7 Å². The number of rotatable bonds is 11. The molecule has 4 atom stereocenters. The molecule has 0 fully saturated rings. The van der Waals surface area contributed by atoms with Crippen LogP contribution in [0.1, 0.15) is 40.5 Å². The highest BCUT2D eigenvalue weighted by atomic mass is 32.2. The van der Waals surface area contributed by atoms with E-state index >= 15 is 0 Å². The second kappa shape index (κ2) is 11.0. The summed E-state index contributed by atoms with van der Waals surface area (Å²) in [4.78, 5) is 2.00. The van der Waals surface area contributed by atoms with Crippen molar-refractivity contribution in [1.29, 1.82) is 0 Å². The summed E-state index contributed by atoms with van der Waals surface area (Å²) in [6.07, 6.45) is -1.56. The molecule has 2 aromatic carbocycles. The molecule has 0 heterocycles. The van der Waals surface area contributed by atoms with E-state index < -0.39 is 23.4 Å². The Bertz CT molecular complexity index is 676. The van der Waals surface area contributed by atoms with E-state index in [2.05, 4.69) is 0 Å². The number of hydrogen-bond acceptors (Lipinski definition) is 6. The molecule has 0 aliphatic rings. The van der Waals surface area contributed by atoms with Crippen LogP contribution in [0, 0.1) is 0 Å². The maximum absolute atomic E-state index is 10.7. The summed E-state index contributed by atoms with van der Waals surface area (Å²) in [6.45, 7) is 6.88. The quantitative estimate of drug-likeness (QED) is 0.381. The first kappa shape index (κ1) is 25.2. The van der Waals surface area contributed by atoms with Gasteiger partial charge < -0.3 is 20.4 Å². The predicted molar refractivity (Wildman–Crippen MR) is 126 cm³/mol. The van der Waals surface area contributed by atoms with Gasteiger partial charge in [0.25, 0.3) is 0 Å². The predicted octanol–water partition coefficient (Wildman–Crippen LogP) is 4.35. The number of thioether (sulfide) groups is 2. The molecular weight excluding hydrogens is 416 g/mol. The van der Waals surface area contributed by atoms with Gasteiger partial charge in [0, 0.05) is 20.3 Å². The van der Waals surface area contributed by atoms with Gasteiger partial charge >= 0.3 is 0 Å². The van der Waals surface area contributed by atoms with Crippen molar-refractivity contribution in [3.8, 4) is 0 Å². The summed E-state index contributed by atoms with van der Waals surface area (Å²) in [6, 6.07) is 19.5. The molecule has 0 saturated carbocycles. The topological polar surface area (TPSA) is 80.9 Å². The number of aliphatic hydroxyl groups excluding tert-OH is 2. The fourth-order valence-electron chi connectivity index (χ4n) is 3.04. The highest BCUT2D eigenvalue weighted by molar-refractivity contribution is 8.00. The lowest BCUT2D eigenvalue weighted by Gasteiger charge is -2.34. The zero-order valence-electron chi connectivity index (χ0n) is 18.1. The van der Waals surface area contributed by atoms with Gasteiger partial charge in [-0.2, -0.15) is 0 Å². The van der Waals surface area contributed by atoms with Crippen molar-refractivity contribution in [1.82, 2.24) is 0 Å². The van der Waals surface area contributed by atoms with Crippen molar-refractivity contribution in [2.24, 2.45) is 0 Å². The molecule has 0 aliphatic heterocycles. The van der Waals surface area contributed by atoms with E-state index in [0.29, 0.717) is 0 Å². The van der Waals surface area contributed by atoms with Gasteiger partial charge in [-0.25, -0.2) is 0 Å². The Morgan fingerprint density at radius 2 is 0.933 bits per heavy atom. The first-order chi connectivity index (χ1) is 14.0. The van der Waals surface area contributed by atoms with E-state index in [-0.39, 0.29) is 23.3 Å². The van der Waals surface area contributed by atoms with Crippen LogP contribution in [0.15, 0.2) is 70.5 Å². The van der Waals surface area contributed by atoms with Crippen LogP contribution in [0.4, 0.5) is 0 Å². The summed E-state index contributed by atoms with van der Waals surface area (Å²) in [5.41, 5.74) is -2.06. The Balaban J connectivity index is 2.06. The van der Waals surface area contributed by atoms with Crippen LogP contribution in [-0.4, -0.2) is 54.3 Å². The Morgan fingerprint density at radius 1 is 0.633 bits per heavy atom. The molecule has 0 unspecified atom stereocenters. The lowest BCUT2D eigenvalue weighted by molar-refractivity contribution is -0.0194. The molecule has 0 amide bonds. The Morgan fingerprint density at radius 3 is 1.20 bits per heavy atom. The van der Waals surface area contributed by atoms with Gasteiger partial charge in [-0.3, -0.25) is 0 Å². The minimum Gasteiger partial charge on any atom is -0.390 e. The summed E-state index contributed by atoms with van der Waals surface area (Å²) in [7, 11) is 0. The molecule has 30 heavy (non-hydrogen) atoms. The minimum atomic E-state index is -1.03.